The van der Waals surface area contributed by atoms with Crippen LogP contribution in [0.5, 0.6) is 0 Å². The van der Waals surface area contributed by atoms with Gasteiger partial charge in [-0.05, 0) is 24.6 Å². The number of nitrogens with two attached hydrogens (primary N) is 1. The average molecular weight is 339 g/mol. The molecule has 0 radical (unpaired) electrons. The molecule has 7 heteroatoms. The maximum atomic E-state index is 12.4. The van der Waals surface area contributed by atoms with E-state index in [9.17, 15) is 18.0 Å². The van der Waals surface area contributed by atoms with Crippen molar-refractivity contribution in [2.45, 2.75) is 19.5 Å². The van der Waals surface area contributed by atoms with E-state index in [0.717, 1.165) is 4.90 Å². The van der Waals surface area contributed by atoms with Gasteiger partial charge in [-0.15, -0.1) is 0 Å². The molecule has 0 fully saturated rings. The molecule has 0 unspecified atom stereocenters. The lowest BCUT2D eigenvalue weighted by Crippen LogP contribution is -2.39. The molecule has 19 heavy (non-hydrogen) atoms. The molecule has 1 rings (SSSR count). The maximum absolute atomic E-state index is 12.4. The second kappa shape index (κ2) is 6.27. The summed E-state index contributed by atoms with van der Waals surface area (Å²) in [4.78, 5) is 12.8. The van der Waals surface area contributed by atoms with Crippen LogP contribution in [0.15, 0.2) is 22.7 Å². The molecule has 0 bridgehead atoms. The fourth-order valence-corrected chi connectivity index (χ4v) is 2.17. The van der Waals surface area contributed by atoms with Crippen LogP contribution in [0.25, 0.3) is 0 Å². The average Bonchev–Trinajstić information content (AvgIpc) is 2.24. The van der Waals surface area contributed by atoms with Gasteiger partial charge in [0.05, 0.1) is 0 Å². The molecule has 0 saturated heterocycles. The van der Waals surface area contributed by atoms with Crippen LogP contribution in [0.1, 0.15) is 23.7 Å². The van der Waals surface area contributed by atoms with E-state index in [2.05, 4.69) is 15.9 Å². The largest absolute Gasteiger partial charge is 0.406 e. The van der Waals surface area contributed by atoms with Crippen molar-refractivity contribution in [3.05, 3.63) is 28.2 Å². The van der Waals surface area contributed by atoms with Gasteiger partial charge in [-0.1, -0.05) is 22.9 Å². The number of rotatable bonds is 4. The molecule has 0 atom stereocenters. The van der Waals surface area contributed by atoms with E-state index in [1.54, 1.807) is 13.0 Å². The second-order valence-corrected chi connectivity index (χ2v) is 5.03. The summed E-state index contributed by atoms with van der Waals surface area (Å²) >= 11 is 3.16. The van der Waals surface area contributed by atoms with E-state index in [-0.39, 0.29) is 12.1 Å². The standard InChI is InChI=1S/C12H14BrF3N2O/c1-2-3-18(7-12(14,15)16)11(19)8-4-9(13)6-10(17)5-8/h4-6H,2-3,7,17H2,1H3. The molecule has 0 heterocycles. The first kappa shape index (κ1) is 15.8. The van der Waals surface area contributed by atoms with E-state index in [1.807, 2.05) is 0 Å². The van der Waals surface area contributed by atoms with Crippen LogP contribution in [0.3, 0.4) is 0 Å². The van der Waals surface area contributed by atoms with Gasteiger partial charge >= 0.3 is 6.18 Å². The minimum Gasteiger partial charge on any atom is -0.399 e. The summed E-state index contributed by atoms with van der Waals surface area (Å²) in [5.74, 6) is -0.674. The monoisotopic (exact) mass is 338 g/mol. The van der Waals surface area contributed by atoms with Gasteiger partial charge in [0.25, 0.3) is 5.91 Å². The number of carbonyl (C=O) groups is 1. The Balaban J connectivity index is 2.98. The van der Waals surface area contributed by atoms with Gasteiger partial charge in [-0.25, -0.2) is 0 Å². The summed E-state index contributed by atoms with van der Waals surface area (Å²) in [5.41, 5.74) is 6.04. The summed E-state index contributed by atoms with van der Waals surface area (Å²) in [5, 5.41) is 0. The lowest BCUT2D eigenvalue weighted by molar-refractivity contribution is -0.140. The van der Waals surface area contributed by atoms with Crippen molar-refractivity contribution in [1.82, 2.24) is 4.90 Å². The fraction of sp³-hybridized carbons (Fsp3) is 0.417. The first-order valence-corrected chi connectivity index (χ1v) is 6.44. The van der Waals surface area contributed by atoms with Crippen molar-refractivity contribution >= 4 is 27.5 Å². The van der Waals surface area contributed by atoms with E-state index in [4.69, 9.17) is 5.73 Å². The van der Waals surface area contributed by atoms with Gasteiger partial charge in [0.1, 0.15) is 6.54 Å². The number of benzene rings is 1. The summed E-state index contributed by atoms with van der Waals surface area (Å²) in [6.45, 7) is 0.503. The highest BCUT2D eigenvalue weighted by Crippen LogP contribution is 2.21. The Morgan fingerprint density at radius 3 is 2.47 bits per heavy atom. The Morgan fingerprint density at radius 2 is 2.00 bits per heavy atom. The number of alkyl halides is 3. The number of nitrogens with zero attached hydrogens (tertiary/aromatic N) is 1. The number of anilines is 1. The Labute approximate surface area is 117 Å². The highest BCUT2D eigenvalue weighted by Gasteiger charge is 2.33. The van der Waals surface area contributed by atoms with Crippen LogP contribution in [-0.4, -0.2) is 30.1 Å². The quantitative estimate of drug-likeness (QED) is 0.854. The molecule has 0 aromatic heterocycles. The number of hydrogen-bond donors (Lipinski definition) is 1. The van der Waals surface area contributed by atoms with Crippen molar-refractivity contribution in [3.63, 3.8) is 0 Å². The van der Waals surface area contributed by atoms with Crippen LogP contribution in [0, 0.1) is 0 Å². The normalized spacial score (nSPS) is 11.4. The minimum atomic E-state index is -4.41. The lowest BCUT2D eigenvalue weighted by Gasteiger charge is -2.23. The highest BCUT2D eigenvalue weighted by atomic mass is 79.9. The molecule has 3 nitrogen and oxygen atoms in total. The molecule has 1 aromatic carbocycles. The van der Waals surface area contributed by atoms with Crippen LogP contribution in [0.4, 0.5) is 18.9 Å². The molecule has 0 aliphatic carbocycles. The number of carbonyl (C=O) groups excluding carboxylic acids is 1. The van der Waals surface area contributed by atoms with Crippen molar-refractivity contribution in [2.24, 2.45) is 0 Å². The molecule has 0 spiro atoms. The summed E-state index contributed by atoms with van der Waals surface area (Å²) in [6.07, 6.45) is -3.96. The second-order valence-electron chi connectivity index (χ2n) is 4.12. The summed E-state index contributed by atoms with van der Waals surface area (Å²) < 4.78 is 37.9. The van der Waals surface area contributed by atoms with Gasteiger partial charge in [0, 0.05) is 22.3 Å². The Hall–Kier alpha value is -1.24. The molecule has 0 aliphatic heterocycles. The zero-order valence-corrected chi connectivity index (χ0v) is 11.9. The van der Waals surface area contributed by atoms with Gasteiger partial charge in [0.2, 0.25) is 0 Å². The van der Waals surface area contributed by atoms with Crippen molar-refractivity contribution in [2.75, 3.05) is 18.8 Å². The Kier molecular flexibility index (Phi) is 5.22. The highest BCUT2D eigenvalue weighted by molar-refractivity contribution is 9.10. The maximum Gasteiger partial charge on any atom is 0.406 e. The lowest BCUT2D eigenvalue weighted by atomic mass is 10.1. The topological polar surface area (TPSA) is 46.3 Å². The van der Waals surface area contributed by atoms with Crippen molar-refractivity contribution in [3.8, 4) is 0 Å². The minimum absolute atomic E-state index is 0.0464. The number of halogens is 4. The summed E-state index contributed by atoms with van der Waals surface area (Å²) in [6, 6.07) is 4.40. The molecule has 0 saturated carbocycles. The number of nitrogen functional groups attached to an aromatic ring is 1. The van der Waals surface area contributed by atoms with E-state index < -0.39 is 18.6 Å². The van der Waals surface area contributed by atoms with Crippen LogP contribution in [0.2, 0.25) is 0 Å². The zero-order valence-electron chi connectivity index (χ0n) is 10.3. The van der Waals surface area contributed by atoms with Gasteiger partial charge in [-0.3, -0.25) is 4.79 Å². The van der Waals surface area contributed by atoms with Gasteiger partial charge in [0.15, 0.2) is 0 Å². The Bertz CT molecular complexity index is 443. The SMILES string of the molecule is CCCN(CC(F)(F)F)C(=O)c1cc(N)cc(Br)c1. The van der Waals surface area contributed by atoms with Gasteiger partial charge in [-0.2, -0.15) is 13.2 Å². The van der Waals surface area contributed by atoms with E-state index in [0.29, 0.717) is 16.6 Å². The third-order valence-corrected chi connectivity index (χ3v) is 2.78. The molecule has 0 aliphatic rings. The smallest absolute Gasteiger partial charge is 0.399 e. The molecule has 1 aromatic rings. The van der Waals surface area contributed by atoms with Gasteiger partial charge < -0.3 is 10.6 Å². The van der Waals surface area contributed by atoms with E-state index in [1.165, 1.54) is 12.1 Å². The molecular formula is C12H14BrF3N2O. The van der Waals surface area contributed by atoms with Crippen LogP contribution >= 0.6 is 15.9 Å². The first-order valence-electron chi connectivity index (χ1n) is 5.65. The Morgan fingerprint density at radius 1 is 1.37 bits per heavy atom. The third-order valence-electron chi connectivity index (χ3n) is 2.32. The predicted molar refractivity (Wildman–Crippen MR) is 70.8 cm³/mol. The number of amides is 1. The molecule has 2 N–H and O–H groups in total. The predicted octanol–water partition coefficient (Wildman–Crippen LogP) is 3.45. The number of hydrogen-bond acceptors (Lipinski definition) is 2. The van der Waals surface area contributed by atoms with E-state index >= 15 is 0 Å². The van der Waals surface area contributed by atoms with Crippen molar-refractivity contribution in [1.29, 1.82) is 0 Å². The first-order chi connectivity index (χ1) is 8.73. The molecule has 106 valence electrons. The van der Waals surface area contributed by atoms with Crippen LogP contribution in [-0.2, 0) is 0 Å². The fourth-order valence-electron chi connectivity index (χ4n) is 1.66. The summed E-state index contributed by atoms with van der Waals surface area (Å²) in [7, 11) is 0. The van der Waals surface area contributed by atoms with Crippen molar-refractivity contribution < 1.29 is 18.0 Å². The molecular weight excluding hydrogens is 325 g/mol. The molecule has 1 amide bonds. The third kappa shape index (κ3) is 5.10. The van der Waals surface area contributed by atoms with Crippen LogP contribution < -0.4 is 5.73 Å². The zero-order chi connectivity index (χ0) is 14.6.